The van der Waals surface area contributed by atoms with E-state index in [1.807, 2.05) is 13.8 Å². The molecule has 0 saturated heterocycles. The van der Waals surface area contributed by atoms with Gasteiger partial charge in [0.25, 0.3) is 0 Å². The van der Waals surface area contributed by atoms with E-state index in [1.54, 1.807) is 20.1 Å². The van der Waals surface area contributed by atoms with Gasteiger partial charge >= 0.3 is 0 Å². The van der Waals surface area contributed by atoms with Crippen molar-refractivity contribution in [3.63, 3.8) is 0 Å². The second-order valence-electron chi connectivity index (χ2n) is 4.76. The molecule has 3 N–H and O–H groups in total. The zero-order valence-electron chi connectivity index (χ0n) is 11.9. The topological polar surface area (TPSA) is 81.4 Å². The normalized spacial score (nSPS) is 13.5. The molecule has 1 aromatic carbocycles. The standard InChI is InChI=1S/C13H22N2O3S/c1-9-7-12(14)8-13(11(9)3)19(16,17)15-10(2)5-6-18-4/h7-8,10,15H,5-6,14H2,1-4H3. The lowest BCUT2D eigenvalue weighted by molar-refractivity contribution is 0.188. The Balaban J connectivity index is 3.01. The quantitative estimate of drug-likeness (QED) is 0.778. The highest BCUT2D eigenvalue weighted by atomic mass is 32.2. The molecule has 5 nitrogen and oxygen atoms in total. The van der Waals surface area contributed by atoms with Gasteiger partial charge in [-0.1, -0.05) is 0 Å². The smallest absolute Gasteiger partial charge is 0.241 e. The summed E-state index contributed by atoms with van der Waals surface area (Å²) in [6, 6.07) is 3.07. The second kappa shape index (κ2) is 6.36. The molecule has 0 spiro atoms. The number of nitrogens with two attached hydrogens (primary N) is 1. The van der Waals surface area contributed by atoms with E-state index < -0.39 is 10.0 Å². The molecule has 0 saturated carbocycles. The van der Waals surface area contributed by atoms with E-state index in [0.717, 1.165) is 11.1 Å². The van der Waals surface area contributed by atoms with Crippen molar-refractivity contribution in [3.8, 4) is 0 Å². The van der Waals surface area contributed by atoms with Crippen LogP contribution in [0.5, 0.6) is 0 Å². The predicted octanol–water partition coefficient (Wildman–Crippen LogP) is 1.59. The number of nitrogen functional groups attached to an aromatic ring is 1. The minimum absolute atomic E-state index is 0.189. The maximum absolute atomic E-state index is 12.3. The third-order valence-corrected chi connectivity index (χ3v) is 4.76. The molecule has 0 aromatic heterocycles. The van der Waals surface area contributed by atoms with Crippen LogP contribution in [0.2, 0.25) is 0 Å². The summed E-state index contributed by atoms with van der Waals surface area (Å²) in [6.07, 6.45) is 0.621. The van der Waals surface area contributed by atoms with E-state index in [0.29, 0.717) is 18.7 Å². The van der Waals surface area contributed by atoms with Crippen LogP contribution < -0.4 is 10.5 Å². The second-order valence-corrected chi connectivity index (χ2v) is 6.45. The van der Waals surface area contributed by atoms with Crippen LogP contribution in [0.15, 0.2) is 17.0 Å². The number of hydrogen-bond donors (Lipinski definition) is 2. The maximum atomic E-state index is 12.3. The van der Waals surface area contributed by atoms with Gasteiger partial charge in [0.05, 0.1) is 4.90 Å². The van der Waals surface area contributed by atoms with Crippen LogP contribution in [0.1, 0.15) is 24.5 Å². The Bertz CT molecular complexity index is 541. The first-order valence-corrected chi connectivity index (χ1v) is 7.64. The molecule has 1 rings (SSSR count). The number of benzene rings is 1. The Kier molecular flexibility index (Phi) is 5.34. The number of anilines is 1. The zero-order valence-corrected chi connectivity index (χ0v) is 12.7. The van der Waals surface area contributed by atoms with Gasteiger partial charge < -0.3 is 10.5 Å². The zero-order chi connectivity index (χ0) is 14.6. The Morgan fingerprint density at radius 2 is 2.00 bits per heavy atom. The lowest BCUT2D eigenvalue weighted by Gasteiger charge is -2.16. The van der Waals surface area contributed by atoms with Crippen LogP contribution in [0.25, 0.3) is 0 Å². The summed E-state index contributed by atoms with van der Waals surface area (Å²) in [5.41, 5.74) is 7.76. The molecule has 0 amide bonds. The van der Waals surface area contributed by atoms with Crippen LogP contribution in [0.3, 0.4) is 0 Å². The number of sulfonamides is 1. The number of methoxy groups -OCH3 is 1. The summed E-state index contributed by atoms with van der Waals surface area (Å²) in [5.74, 6) is 0. The van der Waals surface area contributed by atoms with Crippen LogP contribution in [0.4, 0.5) is 5.69 Å². The first-order valence-electron chi connectivity index (χ1n) is 6.16. The highest BCUT2D eigenvalue weighted by molar-refractivity contribution is 7.89. The number of hydrogen-bond acceptors (Lipinski definition) is 4. The lowest BCUT2D eigenvalue weighted by Crippen LogP contribution is -2.33. The summed E-state index contributed by atoms with van der Waals surface area (Å²) >= 11 is 0. The first kappa shape index (κ1) is 15.9. The van der Waals surface area contributed by atoms with Crippen LogP contribution in [0, 0.1) is 13.8 Å². The Hall–Kier alpha value is -1.11. The summed E-state index contributed by atoms with van der Waals surface area (Å²) in [6.45, 7) is 5.95. The van der Waals surface area contributed by atoms with E-state index in [9.17, 15) is 8.42 Å². The number of nitrogens with one attached hydrogen (secondary N) is 1. The Morgan fingerprint density at radius 3 is 2.58 bits per heavy atom. The molecule has 108 valence electrons. The number of ether oxygens (including phenoxy) is 1. The van der Waals surface area contributed by atoms with Gasteiger partial charge in [-0.15, -0.1) is 0 Å². The van der Waals surface area contributed by atoms with E-state index in [2.05, 4.69) is 4.72 Å². The molecule has 19 heavy (non-hydrogen) atoms. The van der Waals surface area contributed by atoms with Gasteiger partial charge in [-0.05, 0) is 50.5 Å². The molecule has 0 fully saturated rings. The SMILES string of the molecule is COCCC(C)NS(=O)(=O)c1cc(N)cc(C)c1C. The van der Waals surface area contributed by atoms with Gasteiger partial charge in [-0.3, -0.25) is 0 Å². The summed E-state index contributed by atoms with van der Waals surface area (Å²) in [4.78, 5) is 0.245. The molecule has 0 aliphatic rings. The fourth-order valence-electron chi connectivity index (χ4n) is 1.81. The molecule has 0 aliphatic heterocycles. The van der Waals surface area contributed by atoms with Crippen molar-refractivity contribution in [2.24, 2.45) is 0 Å². The van der Waals surface area contributed by atoms with Crippen molar-refractivity contribution in [1.82, 2.24) is 4.72 Å². The van der Waals surface area contributed by atoms with Crippen molar-refractivity contribution in [2.45, 2.75) is 38.1 Å². The Labute approximate surface area is 115 Å². The van der Waals surface area contributed by atoms with E-state index in [1.165, 1.54) is 6.07 Å². The maximum Gasteiger partial charge on any atom is 0.241 e. The molecule has 1 unspecified atom stereocenters. The number of rotatable bonds is 6. The van der Waals surface area contributed by atoms with Gasteiger partial charge in [0.2, 0.25) is 10.0 Å². The minimum atomic E-state index is -3.55. The molecule has 0 radical (unpaired) electrons. The average molecular weight is 286 g/mol. The summed E-state index contributed by atoms with van der Waals surface area (Å²) in [5, 5.41) is 0. The van der Waals surface area contributed by atoms with E-state index >= 15 is 0 Å². The number of aryl methyl sites for hydroxylation is 1. The fraction of sp³-hybridized carbons (Fsp3) is 0.538. The molecular weight excluding hydrogens is 264 g/mol. The molecule has 1 aromatic rings. The molecule has 0 aliphatic carbocycles. The largest absolute Gasteiger partial charge is 0.399 e. The van der Waals surface area contributed by atoms with Crippen molar-refractivity contribution in [3.05, 3.63) is 23.3 Å². The molecule has 6 heteroatoms. The third-order valence-electron chi connectivity index (χ3n) is 3.04. The van der Waals surface area contributed by atoms with Crippen molar-refractivity contribution in [1.29, 1.82) is 0 Å². The summed E-state index contributed by atoms with van der Waals surface area (Å²) < 4.78 is 32.2. The van der Waals surface area contributed by atoms with Gasteiger partial charge in [0.1, 0.15) is 0 Å². The predicted molar refractivity (Wildman–Crippen MR) is 76.6 cm³/mol. The highest BCUT2D eigenvalue weighted by Crippen LogP contribution is 2.22. The minimum Gasteiger partial charge on any atom is -0.399 e. The van der Waals surface area contributed by atoms with Crippen LogP contribution in [-0.2, 0) is 14.8 Å². The average Bonchev–Trinajstić information content (AvgIpc) is 2.30. The van der Waals surface area contributed by atoms with Crippen LogP contribution >= 0.6 is 0 Å². The van der Waals surface area contributed by atoms with E-state index in [4.69, 9.17) is 10.5 Å². The third kappa shape index (κ3) is 4.19. The van der Waals surface area contributed by atoms with Crippen molar-refractivity contribution < 1.29 is 13.2 Å². The van der Waals surface area contributed by atoms with Crippen LogP contribution in [-0.4, -0.2) is 28.2 Å². The van der Waals surface area contributed by atoms with Crippen molar-refractivity contribution in [2.75, 3.05) is 19.5 Å². The molecule has 0 bridgehead atoms. The molecule has 1 atom stereocenters. The highest BCUT2D eigenvalue weighted by Gasteiger charge is 2.20. The van der Waals surface area contributed by atoms with Gasteiger partial charge in [-0.2, -0.15) is 0 Å². The fourth-order valence-corrected chi connectivity index (χ4v) is 3.44. The Morgan fingerprint density at radius 1 is 1.37 bits per heavy atom. The first-order chi connectivity index (χ1) is 8.77. The molecule has 0 heterocycles. The van der Waals surface area contributed by atoms with Gasteiger partial charge in [-0.25, -0.2) is 13.1 Å². The lowest BCUT2D eigenvalue weighted by atomic mass is 10.1. The van der Waals surface area contributed by atoms with E-state index in [-0.39, 0.29) is 10.9 Å². The van der Waals surface area contributed by atoms with Gasteiger partial charge in [0, 0.05) is 25.4 Å². The summed E-state index contributed by atoms with van der Waals surface area (Å²) in [7, 11) is -1.96. The monoisotopic (exact) mass is 286 g/mol. The van der Waals surface area contributed by atoms with Crippen molar-refractivity contribution >= 4 is 15.7 Å². The van der Waals surface area contributed by atoms with Gasteiger partial charge in [0.15, 0.2) is 0 Å². The molecular formula is C13H22N2O3S.